The Morgan fingerprint density at radius 3 is 2.71 bits per heavy atom. The summed E-state index contributed by atoms with van der Waals surface area (Å²) in [5.74, 6) is 0.131. The SMILES string of the molecule is CC1CCCCCC1NCCCCCC(=O)O. The molecule has 0 bridgehead atoms. The third-order valence-corrected chi connectivity index (χ3v) is 3.84. The fourth-order valence-corrected chi connectivity index (χ4v) is 2.66. The minimum atomic E-state index is -0.671. The van der Waals surface area contributed by atoms with Gasteiger partial charge in [-0.1, -0.05) is 32.6 Å². The van der Waals surface area contributed by atoms with E-state index in [4.69, 9.17) is 5.11 Å². The van der Waals surface area contributed by atoms with E-state index in [1.165, 1.54) is 32.1 Å². The zero-order valence-corrected chi connectivity index (χ0v) is 11.1. The van der Waals surface area contributed by atoms with Crippen molar-refractivity contribution in [2.24, 2.45) is 5.92 Å². The van der Waals surface area contributed by atoms with Gasteiger partial charge in [0.1, 0.15) is 0 Å². The lowest BCUT2D eigenvalue weighted by Crippen LogP contribution is -2.34. The van der Waals surface area contributed by atoms with Gasteiger partial charge in [0.25, 0.3) is 0 Å². The molecule has 0 aromatic carbocycles. The Bertz CT molecular complexity index is 218. The lowest BCUT2D eigenvalue weighted by atomic mass is 9.97. The smallest absolute Gasteiger partial charge is 0.303 e. The second-order valence-corrected chi connectivity index (χ2v) is 5.38. The maximum Gasteiger partial charge on any atom is 0.303 e. The van der Waals surface area contributed by atoms with E-state index in [1.54, 1.807) is 0 Å². The summed E-state index contributed by atoms with van der Waals surface area (Å²) in [4.78, 5) is 10.3. The van der Waals surface area contributed by atoms with E-state index >= 15 is 0 Å². The molecule has 0 aliphatic heterocycles. The summed E-state index contributed by atoms with van der Waals surface area (Å²) < 4.78 is 0. The molecule has 1 fully saturated rings. The molecule has 3 nitrogen and oxygen atoms in total. The van der Waals surface area contributed by atoms with E-state index < -0.39 is 5.97 Å². The molecule has 17 heavy (non-hydrogen) atoms. The maximum absolute atomic E-state index is 10.3. The van der Waals surface area contributed by atoms with Crippen LogP contribution in [-0.2, 0) is 4.79 Å². The van der Waals surface area contributed by atoms with Crippen LogP contribution in [0.2, 0.25) is 0 Å². The standard InChI is InChI=1S/C14H27NO2/c1-12-8-4-2-5-9-13(12)15-11-7-3-6-10-14(16)17/h12-13,15H,2-11H2,1H3,(H,16,17). The van der Waals surface area contributed by atoms with Gasteiger partial charge in [-0.3, -0.25) is 4.79 Å². The summed E-state index contributed by atoms with van der Waals surface area (Å²) in [7, 11) is 0. The van der Waals surface area contributed by atoms with Gasteiger partial charge in [-0.2, -0.15) is 0 Å². The molecule has 100 valence electrons. The highest BCUT2D eigenvalue weighted by molar-refractivity contribution is 5.66. The Morgan fingerprint density at radius 2 is 1.94 bits per heavy atom. The second-order valence-electron chi connectivity index (χ2n) is 5.38. The van der Waals surface area contributed by atoms with Gasteiger partial charge in [0.05, 0.1) is 0 Å². The molecule has 0 spiro atoms. The third-order valence-electron chi connectivity index (χ3n) is 3.84. The Balaban J connectivity index is 2.02. The van der Waals surface area contributed by atoms with E-state index in [0.29, 0.717) is 12.5 Å². The third kappa shape index (κ3) is 6.67. The van der Waals surface area contributed by atoms with Crippen LogP contribution in [-0.4, -0.2) is 23.7 Å². The quantitative estimate of drug-likeness (QED) is 0.531. The van der Waals surface area contributed by atoms with E-state index in [1.807, 2.05) is 0 Å². The normalized spacial score (nSPS) is 25.5. The molecule has 0 aromatic rings. The molecule has 2 N–H and O–H groups in total. The molecule has 2 unspecified atom stereocenters. The predicted molar refractivity (Wildman–Crippen MR) is 70.1 cm³/mol. The van der Waals surface area contributed by atoms with Gasteiger partial charge < -0.3 is 10.4 Å². The van der Waals surface area contributed by atoms with Crippen LogP contribution in [0.25, 0.3) is 0 Å². The van der Waals surface area contributed by atoms with E-state index in [9.17, 15) is 4.79 Å². The molecule has 0 aromatic heterocycles. The topological polar surface area (TPSA) is 49.3 Å². The van der Waals surface area contributed by atoms with Crippen molar-refractivity contribution < 1.29 is 9.90 Å². The maximum atomic E-state index is 10.3. The molecule has 0 radical (unpaired) electrons. The summed E-state index contributed by atoms with van der Waals surface area (Å²) in [6.45, 7) is 3.40. The Kier molecular flexibility index (Phi) is 7.25. The summed E-state index contributed by atoms with van der Waals surface area (Å²) in [5, 5.41) is 12.2. The van der Waals surface area contributed by atoms with Gasteiger partial charge in [-0.05, 0) is 38.1 Å². The highest BCUT2D eigenvalue weighted by atomic mass is 16.4. The molecule has 1 aliphatic rings. The molecule has 0 heterocycles. The van der Waals surface area contributed by atoms with Gasteiger partial charge in [0.15, 0.2) is 0 Å². The monoisotopic (exact) mass is 241 g/mol. The lowest BCUT2D eigenvalue weighted by Gasteiger charge is -2.22. The average Bonchev–Trinajstić information content (AvgIpc) is 2.48. The zero-order valence-electron chi connectivity index (χ0n) is 11.1. The first-order valence-corrected chi connectivity index (χ1v) is 7.15. The first kappa shape index (κ1) is 14.5. The highest BCUT2D eigenvalue weighted by Crippen LogP contribution is 2.22. The van der Waals surface area contributed by atoms with Crippen LogP contribution >= 0.6 is 0 Å². The minimum Gasteiger partial charge on any atom is -0.481 e. The molecule has 0 amide bonds. The van der Waals surface area contributed by atoms with Crippen LogP contribution in [0.15, 0.2) is 0 Å². The Morgan fingerprint density at radius 1 is 1.18 bits per heavy atom. The van der Waals surface area contributed by atoms with Crippen molar-refractivity contribution >= 4 is 5.97 Å². The first-order chi connectivity index (χ1) is 8.20. The van der Waals surface area contributed by atoms with Crippen LogP contribution in [0.5, 0.6) is 0 Å². The fourth-order valence-electron chi connectivity index (χ4n) is 2.66. The van der Waals surface area contributed by atoms with E-state index in [-0.39, 0.29) is 0 Å². The lowest BCUT2D eigenvalue weighted by molar-refractivity contribution is -0.137. The van der Waals surface area contributed by atoms with E-state index in [2.05, 4.69) is 12.2 Å². The number of hydrogen-bond donors (Lipinski definition) is 2. The van der Waals surface area contributed by atoms with Crippen molar-refractivity contribution in [3.63, 3.8) is 0 Å². The molecular formula is C14H27NO2. The van der Waals surface area contributed by atoms with Crippen molar-refractivity contribution in [2.45, 2.75) is 70.8 Å². The van der Waals surface area contributed by atoms with Crippen LogP contribution in [0.3, 0.4) is 0 Å². The number of hydrogen-bond acceptors (Lipinski definition) is 2. The summed E-state index contributed by atoms with van der Waals surface area (Å²) in [6.07, 6.45) is 10.1. The molecular weight excluding hydrogens is 214 g/mol. The van der Waals surface area contributed by atoms with Crippen molar-refractivity contribution in [3.8, 4) is 0 Å². The van der Waals surface area contributed by atoms with Gasteiger partial charge in [-0.15, -0.1) is 0 Å². The summed E-state index contributed by atoms with van der Waals surface area (Å²) >= 11 is 0. The van der Waals surface area contributed by atoms with Gasteiger partial charge in [0.2, 0.25) is 0 Å². The number of rotatable bonds is 7. The second kappa shape index (κ2) is 8.51. The van der Waals surface area contributed by atoms with Crippen molar-refractivity contribution in [1.29, 1.82) is 0 Å². The number of carbonyl (C=O) groups is 1. The fraction of sp³-hybridized carbons (Fsp3) is 0.929. The van der Waals surface area contributed by atoms with Crippen molar-refractivity contribution in [3.05, 3.63) is 0 Å². The molecule has 0 saturated heterocycles. The predicted octanol–water partition coefficient (Wildman–Crippen LogP) is 3.19. The van der Waals surface area contributed by atoms with Crippen molar-refractivity contribution in [1.82, 2.24) is 5.32 Å². The van der Waals surface area contributed by atoms with Gasteiger partial charge >= 0.3 is 5.97 Å². The van der Waals surface area contributed by atoms with Crippen LogP contribution in [0.4, 0.5) is 0 Å². The average molecular weight is 241 g/mol. The number of aliphatic carboxylic acids is 1. The van der Waals surface area contributed by atoms with E-state index in [0.717, 1.165) is 31.7 Å². The molecule has 1 rings (SSSR count). The van der Waals surface area contributed by atoms with Crippen LogP contribution in [0, 0.1) is 5.92 Å². The van der Waals surface area contributed by atoms with Crippen molar-refractivity contribution in [2.75, 3.05) is 6.54 Å². The molecule has 3 heteroatoms. The highest BCUT2D eigenvalue weighted by Gasteiger charge is 2.18. The Hall–Kier alpha value is -0.570. The summed E-state index contributed by atoms with van der Waals surface area (Å²) in [6, 6.07) is 0.692. The number of carboxylic acid groups (broad SMARTS) is 1. The van der Waals surface area contributed by atoms with Crippen LogP contribution in [0.1, 0.15) is 64.7 Å². The Labute approximate surface area is 105 Å². The zero-order chi connectivity index (χ0) is 12.5. The van der Waals surface area contributed by atoms with Gasteiger partial charge in [-0.25, -0.2) is 0 Å². The van der Waals surface area contributed by atoms with Gasteiger partial charge in [0, 0.05) is 12.5 Å². The molecule has 1 aliphatic carbocycles. The molecule has 2 atom stereocenters. The molecule has 1 saturated carbocycles. The largest absolute Gasteiger partial charge is 0.481 e. The number of nitrogens with one attached hydrogen (secondary N) is 1. The minimum absolute atomic E-state index is 0.319. The first-order valence-electron chi connectivity index (χ1n) is 7.15. The number of unbranched alkanes of at least 4 members (excludes halogenated alkanes) is 2. The number of carboxylic acids is 1. The summed E-state index contributed by atoms with van der Waals surface area (Å²) in [5.41, 5.74) is 0. The van der Waals surface area contributed by atoms with Crippen LogP contribution < -0.4 is 5.32 Å².